The molecule has 102 valence electrons. The predicted octanol–water partition coefficient (Wildman–Crippen LogP) is 2.88. The molecule has 0 fully saturated rings. The highest BCUT2D eigenvalue weighted by Crippen LogP contribution is 2.26. The van der Waals surface area contributed by atoms with Crippen molar-refractivity contribution in [2.24, 2.45) is 5.84 Å². The number of nitrogens with one attached hydrogen (secondary N) is 1. The number of aromatic nitrogens is 1. The first-order valence-electron chi connectivity index (χ1n) is 6.61. The van der Waals surface area contributed by atoms with E-state index in [9.17, 15) is 0 Å². The largest absolute Gasteiger partial charge is 0.472 e. The van der Waals surface area contributed by atoms with Crippen molar-refractivity contribution in [3.8, 4) is 0 Å². The summed E-state index contributed by atoms with van der Waals surface area (Å²) in [5.74, 6) is 5.76. The number of pyridine rings is 1. The molecule has 20 heavy (non-hydrogen) atoms. The molecule has 0 saturated carbocycles. The van der Waals surface area contributed by atoms with Crippen molar-refractivity contribution < 1.29 is 4.42 Å². The van der Waals surface area contributed by atoms with Crippen molar-refractivity contribution in [3.05, 3.63) is 65.7 Å². The Morgan fingerprint density at radius 1 is 1.30 bits per heavy atom. The number of hydrogen-bond donors (Lipinski definition) is 2. The smallest absolute Gasteiger partial charge is 0.0935 e. The summed E-state index contributed by atoms with van der Waals surface area (Å²) in [5.41, 5.74) is 7.17. The van der Waals surface area contributed by atoms with Crippen LogP contribution in [-0.2, 0) is 6.42 Å². The fourth-order valence-corrected chi connectivity index (χ4v) is 2.53. The molecular formula is C16H17N3O. The fraction of sp³-hybridized carbons (Fsp3) is 0.188. The summed E-state index contributed by atoms with van der Waals surface area (Å²) in [7, 11) is 0. The molecule has 0 radical (unpaired) electrons. The molecule has 1 aromatic carbocycles. The van der Waals surface area contributed by atoms with E-state index in [-0.39, 0.29) is 6.04 Å². The van der Waals surface area contributed by atoms with E-state index in [4.69, 9.17) is 10.3 Å². The highest BCUT2D eigenvalue weighted by atomic mass is 16.3. The maximum atomic E-state index is 5.76. The van der Waals surface area contributed by atoms with Crippen LogP contribution >= 0.6 is 0 Å². The molecule has 2 heterocycles. The summed E-state index contributed by atoms with van der Waals surface area (Å²) in [4.78, 5) is 4.56. The Bertz CT molecular complexity index is 707. The van der Waals surface area contributed by atoms with Crippen LogP contribution in [0.4, 0.5) is 0 Å². The third-order valence-electron chi connectivity index (χ3n) is 3.47. The zero-order valence-electron chi connectivity index (χ0n) is 11.3. The second-order valence-corrected chi connectivity index (χ2v) is 4.92. The minimum absolute atomic E-state index is 0.0270. The third-order valence-corrected chi connectivity index (χ3v) is 3.47. The number of fused-ring (bicyclic) bond motifs is 1. The number of benzene rings is 1. The van der Waals surface area contributed by atoms with E-state index in [0.29, 0.717) is 0 Å². The molecule has 2 aromatic heterocycles. The number of aryl methyl sites for hydroxylation is 1. The molecule has 1 atom stereocenters. The topological polar surface area (TPSA) is 64.1 Å². The van der Waals surface area contributed by atoms with Crippen molar-refractivity contribution in [3.63, 3.8) is 0 Å². The lowest BCUT2D eigenvalue weighted by atomic mass is 9.97. The van der Waals surface area contributed by atoms with Gasteiger partial charge >= 0.3 is 0 Å². The molecule has 0 bridgehead atoms. The van der Waals surface area contributed by atoms with Crippen molar-refractivity contribution in [1.82, 2.24) is 10.4 Å². The first-order valence-corrected chi connectivity index (χ1v) is 6.61. The standard InChI is InChI=1S/C16H17N3O/c1-11-8-14(13-4-2-3-5-15(13)18-11)16(19-17)9-12-6-7-20-10-12/h2-8,10,16,19H,9,17H2,1H3. The molecule has 3 aromatic rings. The number of furan rings is 1. The number of para-hydroxylation sites is 1. The zero-order chi connectivity index (χ0) is 13.9. The van der Waals surface area contributed by atoms with Gasteiger partial charge in [-0.25, -0.2) is 0 Å². The molecule has 0 spiro atoms. The van der Waals surface area contributed by atoms with Gasteiger partial charge in [-0.2, -0.15) is 0 Å². The summed E-state index contributed by atoms with van der Waals surface area (Å²) in [6.45, 7) is 2.00. The highest BCUT2D eigenvalue weighted by molar-refractivity contribution is 5.82. The maximum absolute atomic E-state index is 5.76. The Morgan fingerprint density at radius 3 is 2.90 bits per heavy atom. The maximum Gasteiger partial charge on any atom is 0.0935 e. The predicted molar refractivity (Wildman–Crippen MR) is 79.0 cm³/mol. The zero-order valence-corrected chi connectivity index (χ0v) is 11.3. The van der Waals surface area contributed by atoms with Gasteiger partial charge in [0.2, 0.25) is 0 Å². The van der Waals surface area contributed by atoms with Crippen LogP contribution in [0.1, 0.15) is 22.9 Å². The lowest BCUT2D eigenvalue weighted by Gasteiger charge is -2.18. The van der Waals surface area contributed by atoms with E-state index in [2.05, 4.69) is 22.5 Å². The Kier molecular flexibility index (Phi) is 3.50. The van der Waals surface area contributed by atoms with E-state index >= 15 is 0 Å². The molecule has 0 amide bonds. The molecule has 3 N–H and O–H groups in total. The second kappa shape index (κ2) is 5.45. The molecule has 3 rings (SSSR count). The Morgan fingerprint density at radius 2 is 2.15 bits per heavy atom. The van der Waals surface area contributed by atoms with E-state index in [1.807, 2.05) is 31.2 Å². The van der Waals surface area contributed by atoms with Crippen LogP contribution in [-0.4, -0.2) is 4.98 Å². The van der Waals surface area contributed by atoms with Gasteiger partial charge < -0.3 is 4.42 Å². The van der Waals surface area contributed by atoms with Crippen LogP contribution in [0, 0.1) is 6.92 Å². The van der Waals surface area contributed by atoms with Crippen LogP contribution in [0.5, 0.6) is 0 Å². The quantitative estimate of drug-likeness (QED) is 0.563. The summed E-state index contributed by atoms with van der Waals surface area (Å²) in [6, 6.07) is 12.2. The normalized spacial score (nSPS) is 12.7. The summed E-state index contributed by atoms with van der Waals surface area (Å²) >= 11 is 0. The number of nitrogens with zero attached hydrogens (tertiary/aromatic N) is 1. The molecule has 1 unspecified atom stereocenters. The van der Waals surface area contributed by atoms with Gasteiger partial charge in [-0.05, 0) is 42.7 Å². The van der Waals surface area contributed by atoms with Gasteiger partial charge in [0.1, 0.15) is 0 Å². The Labute approximate surface area is 117 Å². The number of hydrazine groups is 1. The van der Waals surface area contributed by atoms with Crippen molar-refractivity contribution in [1.29, 1.82) is 0 Å². The molecular weight excluding hydrogens is 250 g/mol. The van der Waals surface area contributed by atoms with Crippen LogP contribution in [0.25, 0.3) is 10.9 Å². The van der Waals surface area contributed by atoms with Crippen molar-refractivity contribution in [2.75, 3.05) is 0 Å². The monoisotopic (exact) mass is 267 g/mol. The van der Waals surface area contributed by atoms with E-state index < -0.39 is 0 Å². The Balaban J connectivity index is 2.06. The summed E-state index contributed by atoms with van der Waals surface area (Å²) < 4.78 is 5.13. The van der Waals surface area contributed by atoms with Gasteiger partial charge in [0.05, 0.1) is 24.1 Å². The molecule has 0 saturated heterocycles. The Hall–Kier alpha value is -2.17. The summed E-state index contributed by atoms with van der Waals surface area (Å²) in [5, 5.41) is 1.13. The molecule has 0 aliphatic rings. The van der Waals surface area contributed by atoms with Crippen LogP contribution in [0.2, 0.25) is 0 Å². The number of nitrogens with two attached hydrogens (primary N) is 1. The lowest BCUT2D eigenvalue weighted by molar-refractivity contribution is 0.537. The first kappa shape index (κ1) is 12.8. The fourth-order valence-electron chi connectivity index (χ4n) is 2.53. The van der Waals surface area contributed by atoms with Gasteiger partial charge in [0.15, 0.2) is 0 Å². The van der Waals surface area contributed by atoms with Crippen LogP contribution in [0.3, 0.4) is 0 Å². The van der Waals surface area contributed by atoms with E-state index in [0.717, 1.165) is 34.1 Å². The summed E-state index contributed by atoms with van der Waals surface area (Å²) in [6.07, 6.45) is 4.21. The molecule has 0 aliphatic heterocycles. The van der Waals surface area contributed by atoms with Gasteiger partial charge in [-0.3, -0.25) is 16.3 Å². The first-order chi connectivity index (χ1) is 9.78. The lowest BCUT2D eigenvalue weighted by Crippen LogP contribution is -2.29. The highest BCUT2D eigenvalue weighted by Gasteiger charge is 2.15. The number of rotatable bonds is 4. The van der Waals surface area contributed by atoms with Crippen molar-refractivity contribution >= 4 is 10.9 Å². The third kappa shape index (κ3) is 2.43. The van der Waals surface area contributed by atoms with Crippen LogP contribution < -0.4 is 11.3 Å². The minimum atomic E-state index is 0.0270. The minimum Gasteiger partial charge on any atom is -0.472 e. The van der Waals surface area contributed by atoms with E-state index in [1.54, 1.807) is 12.5 Å². The van der Waals surface area contributed by atoms with Crippen LogP contribution in [0.15, 0.2) is 53.3 Å². The SMILES string of the molecule is Cc1cc(C(Cc2ccoc2)NN)c2ccccc2n1. The van der Waals surface area contributed by atoms with E-state index in [1.165, 1.54) is 0 Å². The van der Waals surface area contributed by atoms with Gasteiger partial charge in [0.25, 0.3) is 0 Å². The van der Waals surface area contributed by atoms with Gasteiger partial charge in [-0.15, -0.1) is 0 Å². The average molecular weight is 267 g/mol. The molecule has 4 nitrogen and oxygen atoms in total. The molecule has 4 heteroatoms. The van der Waals surface area contributed by atoms with Gasteiger partial charge in [0, 0.05) is 11.1 Å². The second-order valence-electron chi connectivity index (χ2n) is 4.92. The number of hydrogen-bond acceptors (Lipinski definition) is 4. The van der Waals surface area contributed by atoms with Crippen molar-refractivity contribution in [2.45, 2.75) is 19.4 Å². The average Bonchev–Trinajstić information content (AvgIpc) is 2.97. The molecule has 0 aliphatic carbocycles. The van der Waals surface area contributed by atoms with Gasteiger partial charge in [-0.1, -0.05) is 18.2 Å².